The lowest BCUT2D eigenvalue weighted by Crippen LogP contribution is -2.29. The van der Waals surface area contributed by atoms with E-state index in [9.17, 15) is 4.79 Å². The first-order chi connectivity index (χ1) is 12.9. The number of aryl methyl sites for hydroxylation is 4. The fraction of sp³-hybridized carbons (Fsp3) is 0.286. The molecule has 27 heavy (non-hydrogen) atoms. The van der Waals surface area contributed by atoms with Crippen molar-refractivity contribution in [2.24, 2.45) is 0 Å². The molecule has 6 nitrogen and oxygen atoms in total. The second-order valence-electron chi connectivity index (χ2n) is 6.63. The summed E-state index contributed by atoms with van der Waals surface area (Å²) in [4.78, 5) is 13.9. The Morgan fingerprint density at radius 3 is 2.41 bits per heavy atom. The maximum Gasteiger partial charge on any atom is 0.273 e. The van der Waals surface area contributed by atoms with Gasteiger partial charge in [-0.05, 0) is 51.5 Å². The number of hydrogen-bond donors (Lipinski definition) is 1. The van der Waals surface area contributed by atoms with E-state index in [1.54, 1.807) is 6.92 Å². The summed E-state index contributed by atoms with van der Waals surface area (Å²) in [6, 6.07) is 13.8. The summed E-state index contributed by atoms with van der Waals surface area (Å²) < 4.78 is 5.62. The molecule has 0 aliphatic carbocycles. The molecule has 0 unspecified atom stereocenters. The first-order valence-corrected chi connectivity index (χ1v) is 8.93. The number of amides is 1. The maximum absolute atomic E-state index is 12.4. The molecule has 2 aromatic carbocycles. The first kappa shape index (κ1) is 18.6. The second-order valence-corrected chi connectivity index (χ2v) is 6.63. The van der Waals surface area contributed by atoms with E-state index in [2.05, 4.69) is 21.6 Å². The zero-order valence-corrected chi connectivity index (χ0v) is 16.1. The van der Waals surface area contributed by atoms with Crippen LogP contribution in [-0.2, 0) is 0 Å². The SMILES string of the molecule is Cc1ccc(OCCNC(=O)c2nn(-c3ccc(C)cc3C)nc2C)cc1. The maximum atomic E-state index is 12.4. The van der Waals surface area contributed by atoms with Crippen molar-refractivity contribution in [1.29, 1.82) is 0 Å². The van der Waals surface area contributed by atoms with Gasteiger partial charge in [-0.3, -0.25) is 4.79 Å². The predicted molar refractivity (Wildman–Crippen MR) is 105 cm³/mol. The lowest BCUT2D eigenvalue weighted by molar-refractivity contribution is 0.0941. The molecule has 0 aliphatic heterocycles. The quantitative estimate of drug-likeness (QED) is 0.682. The minimum atomic E-state index is -0.254. The number of carbonyl (C=O) groups excluding carboxylic acids is 1. The highest BCUT2D eigenvalue weighted by molar-refractivity contribution is 5.93. The van der Waals surface area contributed by atoms with Crippen molar-refractivity contribution in [3.63, 3.8) is 0 Å². The van der Waals surface area contributed by atoms with Crippen LogP contribution in [0.5, 0.6) is 5.75 Å². The highest BCUT2D eigenvalue weighted by Crippen LogP contribution is 2.15. The third kappa shape index (κ3) is 4.53. The van der Waals surface area contributed by atoms with Crippen LogP contribution in [0.3, 0.4) is 0 Å². The topological polar surface area (TPSA) is 69.0 Å². The highest BCUT2D eigenvalue weighted by Gasteiger charge is 2.16. The molecule has 0 aliphatic rings. The molecule has 1 N–H and O–H groups in total. The first-order valence-electron chi connectivity index (χ1n) is 8.93. The number of carbonyl (C=O) groups is 1. The molecule has 0 radical (unpaired) electrons. The van der Waals surface area contributed by atoms with E-state index < -0.39 is 0 Å². The molecule has 3 rings (SSSR count). The molecule has 0 spiro atoms. The summed E-state index contributed by atoms with van der Waals surface area (Å²) in [5.74, 6) is 0.530. The van der Waals surface area contributed by atoms with Crippen LogP contribution in [0.4, 0.5) is 0 Å². The van der Waals surface area contributed by atoms with Crippen LogP contribution in [0.1, 0.15) is 32.9 Å². The molecule has 0 fully saturated rings. The van der Waals surface area contributed by atoms with Gasteiger partial charge >= 0.3 is 0 Å². The predicted octanol–water partition coefficient (Wildman–Crippen LogP) is 3.31. The van der Waals surface area contributed by atoms with Gasteiger partial charge in [0, 0.05) is 0 Å². The van der Waals surface area contributed by atoms with E-state index >= 15 is 0 Å². The summed E-state index contributed by atoms with van der Waals surface area (Å²) in [5, 5.41) is 11.6. The van der Waals surface area contributed by atoms with Gasteiger partial charge in [0.25, 0.3) is 5.91 Å². The molecular formula is C21H24N4O2. The molecule has 0 saturated carbocycles. The Labute approximate surface area is 159 Å². The van der Waals surface area contributed by atoms with Crippen molar-refractivity contribution in [3.05, 3.63) is 70.5 Å². The zero-order chi connectivity index (χ0) is 19.4. The van der Waals surface area contributed by atoms with Crippen molar-refractivity contribution < 1.29 is 9.53 Å². The summed E-state index contributed by atoms with van der Waals surface area (Å²) in [6.07, 6.45) is 0. The molecule has 1 heterocycles. The number of rotatable bonds is 6. The van der Waals surface area contributed by atoms with Crippen LogP contribution < -0.4 is 10.1 Å². The normalized spacial score (nSPS) is 10.7. The van der Waals surface area contributed by atoms with E-state index in [1.165, 1.54) is 15.9 Å². The lowest BCUT2D eigenvalue weighted by atomic mass is 10.1. The summed E-state index contributed by atoms with van der Waals surface area (Å²) in [7, 11) is 0. The van der Waals surface area contributed by atoms with Crippen molar-refractivity contribution in [2.45, 2.75) is 27.7 Å². The Kier molecular flexibility index (Phi) is 5.54. The Balaban J connectivity index is 1.60. The monoisotopic (exact) mass is 364 g/mol. The number of ether oxygens (including phenoxy) is 1. The largest absolute Gasteiger partial charge is 0.492 e. The fourth-order valence-electron chi connectivity index (χ4n) is 2.78. The van der Waals surface area contributed by atoms with Gasteiger partial charge in [0.15, 0.2) is 5.69 Å². The van der Waals surface area contributed by atoms with Crippen LogP contribution in [0.25, 0.3) is 5.69 Å². The molecular weight excluding hydrogens is 340 g/mol. The van der Waals surface area contributed by atoms with Crippen LogP contribution in [0, 0.1) is 27.7 Å². The third-order valence-corrected chi connectivity index (χ3v) is 4.24. The average molecular weight is 364 g/mol. The summed E-state index contributed by atoms with van der Waals surface area (Å²) >= 11 is 0. The molecule has 140 valence electrons. The molecule has 0 saturated heterocycles. The van der Waals surface area contributed by atoms with Gasteiger partial charge in [-0.2, -0.15) is 9.90 Å². The van der Waals surface area contributed by atoms with Crippen LogP contribution in [0.2, 0.25) is 0 Å². The average Bonchev–Trinajstić information content (AvgIpc) is 3.01. The van der Waals surface area contributed by atoms with E-state index in [0.717, 1.165) is 17.0 Å². The Hall–Kier alpha value is -3.15. The number of nitrogens with zero attached hydrogens (tertiary/aromatic N) is 3. The van der Waals surface area contributed by atoms with Gasteiger partial charge in [-0.25, -0.2) is 0 Å². The van der Waals surface area contributed by atoms with Gasteiger partial charge in [0.1, 0.15) is 12.4 Å². The van der Waals surface area contributed by atoms with Crippen molar-refractivity contribution in [3.8, 4) is 11.4 Å². The zero-order valence-electron chi connectivity index (χ0n) is 16.1. The van der Waals surface area contributed by atoms with Crippen molar-refractivity contribution in [1.82, 2.24) is 20.3 Å². The highest BCUT2D eigenvalue weighted by atomic mass is 16.5. The van der Waals surface area contributed by atoms with E-state index in [1.807, 2.05) is 57.2 Å². The number of hydrogen-bond acceptors (Lipinski definition) is 4. The second kappa shape index (κ2) is 8.03. The molecule has 1 aromatic heterocycles. The van der Waals surface area contributed by atoms with Crippen LogP contribution in [-0.4, -0.2) is 34.1 Å². The molecule has 0 atom stereocenters. The molecule has 6 heteroatoms. The third-order valence-electron chi connectivity index (χ3n) is 4.24. The van der Waals surface area contributed by atoms with Gasteiger partial charge < -0.3 is 10.1 Å². The van der Waals surface area contributed by atoms with E-state index in [0.29, 0.717) is 24.5 Å². The van der Waals surface area contributed by atoms with Gasteiger partial charge in [-0.1, -0.05) is 35.4 Å². The van der Waals surface area contributed by atoms with Crippen molar-refractivity contribution in [2.75, 3.05) is 13.2 Å². The van der Waals surface area contributed by atoms with E-state index in [4.69, 9.17) is 4.74 Å². The summed E-state index contributed by atoms with van der Waals surface area (Å²) in [6.45, 7) is 8.63. The molecule has 3 aromatic rings. The minimum absolute atomic E-state index is 0.254. The number of nitrogens with one attached hydrogen (secondary N) is 1. The Morgan fingerprint density at radius 2 is 1.70 bits per heavy atom. The standard InChI is InChI=1S/C21H24N4O2/c1-14-5-8-18(9-6-14)27-12-11-22-21(26)20-17(4)23-25(24-20)19-10-7-15(2)13-16(19)3/h5-10,13H,11-12H2,1-4H3,(H,22,26). The fourth-order valence-corrected chi connectivity index (χ4v) is 2.78. The lowest BCUT2D eigenvalue weighted by Gasteiger charge is -2.07. The minimum Gasteiger partial charge on any atom is -0.492 e. The van der Waals surface area contributed by atoms with Crippen molar-refractivity contribution >= 4 is 5.91 Å². The smallest absolute Gasteiger partial charge is 0.273 e. The Morgan fingerprint density at radius 1 is 1.00 bits per heavy atom. The van der Waals surface area contributed by atoms with Gasteiger partial charge in [0.05, 0.1) is 17.9 Å². The van der Waals surface area contributed by atoms with E-state index in [-0.39, 0.29) is 5.91 Å². The Bertz CT molecular complexity index is 945. The summed E-state index contributed by atoms with van der Waals surface area (Å²) in [5.41, 5.74) is 5.19. The van der Waals surface area contributed by atoms with Crippen LogP contribution in [0.15, 0.2) is 42.5 Å². The number of benzene rings is 2. The molecule has 0 bridgehead atoms. The van der Waals surface area contributed by atoms with Gasteiger partial charge in [0.2, 0.25) is 0 Å². The number of aromatic nitrogens is 3. The molecule has 1 amide bonds. The van der Waals surface area contributed by atoms with Crippen LogP contribution >= 0.6 is 0 Å². The van der Waals surface area contributed by atoms with Gasteiger partial charge in [-0.15, -0.1) is 5.10 Å².